The van der Waals surface area contributed by atoms with Gasteiger partial charge in [0, 0.05) is 43.0 Å². The fraction of sp³-hybridized carbons (Fsp3) is 0. The number of fused-ring (bicyclic) bond motifs is 4. The Morgan fingerprint density at radius 1 is 0.447 bits per heavy atom. The quantitative estimate of drug-likeness (QED) is 0.196. The molecule has 0 aliphatic carbocycles. The highest BCUT2D eigenvalue weighted by atomic mass is 32.1. The van der Waals surface area contributed by atoms with Crippen LogP contribution in [0, 0.1) is 0 Å². The van der Waals surface area contributed by atoms with Crippen molar-refractivity contribution in [2.75, 3.05) is 5.32 Å². The van der Waals surface area contributed by atoms with Gasteiger partial charge in [-0.05, 0) is 94.4 Å². The first-order valence-electron chi connectivity index (χ1n) is 15.9. The minimum Gasteiger partial charge on any atom is -0.355 e. The summed E-state index contributed by atoms with van der Waals surface area (Å²) in [5, 5.41) is 7.46. The van der Waals surface area contributed by atoms with Gasteiger partial charge in [0.15, 0.2) is 0 Å². The summed E-state index contributed by atoms with van der Waals surface area (Å²) in [5.41, 5.74) is 11.8. The first-order chi connectivity index (χ1) is 23.3. The Balaban J connectivity index is 1.17. The molecule has 1 N–H and O–H groups in total. The Bertz CT molecular complexity index is 2490. The van der Waals surface area contributed by atoms with Crippen molar-refractivity contribution in [3.05, 3.63) is 176 Å². The summed E-state index contributed by atoms with van der Waals surface area (Å²) in [6, 6.07) is 63.3. The normalized spacial score (nSPS) is 11.4. The molecular weight excluding hydrogens is 589 g/mol. The van der Waals surface area contributed by atoms with Crippen molar-refractivity contribution in [2.45, 2.75) is 0 Å². The molecule has 0 spiro atoms. The second-order valence-electron chi connectivity index (χ2n) is 11.9. The zero-order valence-corrected chi connectivity index (χ0v) is 26.4. The first-order valence-corrected chi connectivity index (χ1v) is 16.7. The molecule has 3 heteroatoms. The van der Waals surface area contributed by atoms with E-state index in [2.05, 4.69) is 180 Å². The maximum atomic E-state index is 3.69. The number of rotatable bonds is 6. The standard InChI is InChI=1S/C44H30N2S/c1-3-11-30(12-4-1)31-19-23-36(24-20-31)46-41-17-9-8-16-37(41)38-27-33(22-26-42(38)46)32-21-25-40(45-35-14-5-2-6-15-35)39(28-32)44-29-34-13-7-10-18-43(34)47-44/h1-29,45H. The van der Waals surface area contributed by atoms with Crippen LogP contribution in [0.2, 0.25) is 0 Å². The smallest absolute Gasteiger partial charge is 0.0541 e. The highest BCUT2D eigenvalue weighted by Gasteiger charge is 2.16. The molecule has 0 bridgehead atoms. The van der Waals surface area contributed by atoms with Crippen LogP contribution >= 0.6 is 11.3 Å². The molecule has 222 valence electrons. The van der Waals surface area contributed by atoms with Crippen LogP contribution in [-0.2, 0) is 0 Å². The third-order valence-electron chi connectivity index (χ3n) is 9.00. The fourth-order valence-electron chi connectivity index (χ4n) is 6.69. The molecule has 0 saturated heterocycles. The maximum absolute atomic E-state index is 3.69. The second-order valence-corrected chi connectivity index (χ2v) is 13.0. The maximum Gasteiger partial charge on any atom is 0.0541 e. The molecule has 0 aliphatic rings. The number of anilines is 2. The number of aromatic nitrogens is 1. The second kappa shape index (κ2) is 11.5. The number of benzene rings is 7. The molecule has 47 heavy (non-hydrogen) atoms. The van der Waals surface area contributed by atoms with E-state index in [0.29, 0.717) is 0 Å². The summed E-state index contributed by atoms with van der Waals surface area (Å²) in [6.07, 6.45) is 0. The van der Waals surface area contributed by atoms with E-state index in [1.54, 1.807) is 0 Å². The Hall–Kier alpha value is -5.90. The number of nitrogens with zero attached hydrogens (tertiary/aromatic N) is 1. The zero-order chi connectivity index (χ0) is 31.2. The first kappa shape index (κ1) is 27.4. The number of para-hydroxylation sites is 2. The zero-order valence-electron chi connectivity index (χ0n) is 25.6. The molecule has 9 aromatic rings. The molecule has 0 radical (unpaired) electrons. The van der Waals surface area contributed by atoms with E-state index in [1.807, 2.05) is 17.4 Å². The van der Waals surface area contributed by atoms with Crippen molar-refractivity contribution in [3.63, 3.8) is 0 Å². The molecular formula is C44H30N2S. The van der Waals surface area contributed by atoms with Gasteiger partial charge in [-0.2, -0.15) is 0 Å². The van der Waals surface area contributed by atoms with Crippen LogP contribution < -0.4 is 5.32 Å². The lowest BCUT2D eigenvalue weighted by atomic mass is 9.99. The lowest BCUT2D eigenvalue weighted by Crippen LogP contribution is -1.94. The summed E-state index contributed by atoms with van der Waals surface area (Å²) in [6.45, 7) is 0. The third-order valence-corrected chi connectivity index (χ3v) is 10.2. The average Bonchev–Trinajstić information content (AvgIpc) is 3.72. The van der Waals surface area contributed by atoms with Crippen LogP contribution in [0.15, 0.2) is 176 Å². The highest BCUT2D eigenvalue weighted by molar-refractivity contribution is 7.22. The number of hydrogen-bond acceptors (Lipinski definition) is 2. The molecule has 9 rings (SSSR count). The summed E-state index contributed by atoms with van der Waals surface area (Å²) in [4.78, 5) is 1.25. The van der Waals surface area contributed by atoms with Gasteiger partial charge in [0.05, 0.1) is 11.0 Å². The summed E-state index contributed by atoms with van der Waals surface area (Å²) >= 11 is 1.84. The predicted molar refractivity (Wildman–Crippen MR) is 202 cm³/mol. The monoisotopic (exact) mass is 618 g/mol. The number of nitrogens with one attached hydrogen (secondary N) is 1. The van der Waals surface area contributed by atoms with Crippen LogP contribution in [0.4, 0.5) is 11.4 Å². The minimum atomic E-state index is 1.08. The van der Waals surface area contributed by atoms with Gasteiger partial charge in [-0.3, -0.25) is 0 Å². The molecule has 0 aliphatic heterocycles. The molecule has 0 saturated carbocycles. The van der Waals surface area contributed by atoms with Crippen LogP contribution in [0.3, 0.4) is 0 Å². The van der Waals surface area contributed by atoms with Gasteiger partial charge in [-0.1, -0.05) is 109 Å². The minimum absolute atomic E-state index is 1.08. The van der Waals surface area contributed by atoms with Crippen molar-refractivity contribution in [1.29, 1.82) is 0 Å². The molecule has 0 atom stereocenters. The molecule has 0 unspecified atom stereocenters. The van der Waals surface area contributed by atoms with Gasteiger partial charge in [-0.15, -0.1) is 11.3 Å². The van der Waals surface area contributed by atoms with E-state index in [4.69, 9.17) is 0 Å². The molecule has 2 heterocycles. The van der Waals surface area contributed by atoms with Gasteiger partial charge < -0.3 is 9.88 Å². The van der Waals surface area contributed by atoms with Gasteiger partial charge >= 0.3 is 0 Å². The summed E-state index contributed by atoms with van der Waals surface area (Å²) < 4.78 is 3.68. The van der Waals surface area contributed by atoms with Crippen molar-refractivity contribution >= 4 is 54.6 Å². The SMILES string of the molecule is c1ccc(Nc2ccc(-c3ccc4c(c3)c3ccccc3n4-c3ccc(-c4ccccc4)cc3)cc2-c2cc3ccccc3s2)cc1. The van der Waals surface area contributed by atoms with Crippen molar-refractivity contribution in [2.24, 2.45) is 0 Å². The van der Waals surface area contributed by atoms with E-state index in [1.165, 1.54) is 64.6 Å². The lowest BCUT2D eigenvalue weighted by molar-refractivity contribution is 1.18. The molecule has 2 nitrogen and oxygen atoms in total. The van der Waals surface area contributed by atoms with E-state index < -0.39 is 0 Å². The molecule has 7 aromatic carbocycles. The van der Waals surface area contributed by atoms with Crippen LogP contribution in [-0.4, -0.2) is 4.57 Å². The Morgan fingerprint density at radius 2 is 1.09 bits per heavy atom. The Labute approximate surface area is 277 Å². The van der Waals surface area contributed by atoms with Gasteiger partial charge in [0.1, 0.15) is 0 Å². The average molecular weight is 619 g/mol. The van der Waals surface area contributed by atoms with Gasteiger partial charge in [-0.25, -0.2) is 0 Å². The van der Waals surface area contributed by atoms with E-state index in [0.717, 1.165) is 17.1 Å². The van der Waals surface area contributed by atoms with E-state index >= 15 is 0 Å². The molecule has 0 amide bonds. The molecule has 0 fully saturated rings. The third kappa shape index (κ3) is 4.98. The summed E-state index contributed by atoms with van der Waals surface area (Å²) in [5.74, 6) is 0. The van der Waals surface area contributed by atoms with E-state index in [9.17, 15) is 0 Å². The van der Waals surface area contributed by atoms with E-state index in [-0.39, 0.29) is 0 Å². The molecule has 2 aromatic heterocycles. The lowest BCUT2D eigenvalue weighted by Gasteiger charge is -2.14. The fourth-order valence-corrected chi connectivity index (χ4v) is 7.79. The van der Waals surface area contributed by atoms with Gasteiger partial charge in [0.25, 0.3) is 0 Å². The Kier molecular flexibility index (Phi) is 6.69. The number of thiophene rings is 1. The predicted octanol–water partition coefficient (Wildman–Crippen LogP) is 12.7. The van der Waals surface area contributed by atoms with Crippen molar-refractivity contribution in [3.8, 4) is 38.4 Å². The van der Waals surface area contributed by atoms with Crippen LogP contribution in [0.1, 0.15) is 0 Å². The number of hydrogen-bond donors (Lipinski definition) is 1. The van der Waals surface area contributed by atoms with Crippen LogP contribution in [0.25, 0.3) is 70.3 Å². The van der Waals surface area contributed by atoms with Crippen molar-refractivity contribution in [1.82, 2.24) is 4.57 Å². The van der Waals surface area contributed by atoms with Gasteiger partial charge in [0.2, 0.25) is 0 Å². The van der Waals surface area contributed by atoms with Crippen molar-refractivity contribution < 1.29 is 0 Å². The highest BCUT2D eigenvalue weighted by Crippen LogP contribution is 2.42. The summed E-state index contributed by atoms with van der Waals surface area (Å²) in [7, 11) is 0. The Morgan fingerprint density at radius 3 is 1.91 bits per heavy atom. The van der Waals surface area contributed by atoms with Crippen LogP contribution in [0.5, 0.6) is 0 Å². The topological polar surface area (TPSA) is 17.0 Å². The largest absolute Gasteiger partial charge is 0.355 e.